The standard InChI is InChI=1S/C36H37N3O8/c1-18-21-14-15-22(39(16-19-10-6-4-7-11-19)17-20-12-8-5-9-13-20)29(40)24(21)30(41)25-23(18)31(42)27-28(38(2)3)32(43)26(35(37)46)34(45)36(27,47)33(25)44/h4-15,18,23,27-28,31,40,42-44,47H,16-17H2,1-3H3,(H2,37,46)/t18-,23-,27-,28+,31+,36-/m1/s1. The first kappa shape index (κ1) is 32.0. The highest BCUT2D eigenvalue weighted by atomic mass is 16.4. The summed E-state index contributed by atoms with van der Waals surface area (Å²) in [5.74, 6) is -9.18. The van der Waals surface area contributed by atoms with Crippen LogP contribution in [0.5, 0.6) is 5.75 Å². The Labute approximate surface area is 271 Å². The third-order valence-electron chi connectivity index (χ3n) is 9.88. The largest absolute Gasteiger partial charge is 0.510 e. The van der Waals surface area contributed by atoms with E-state index in [1.165, 1.54) is 19.0 Å². The summed E-state index contributed by atoms with van der Waals surface area (Å²) in [5, 5.41) is 58.4. The number of phenolic OH excluding ortho intramolecular Hbond substituents is 1. The van der Waals surface area contributed by atoms with Crippen LogP contribution in [0.15, 0.2) is 95.5 Å². The number of ketones is 2. The molecule has 3 aromatic rings. The SMILES string of the molecule is C[C@@H]1c2ccc(N(Cc3ccccc3)Cc3ccccc3)c(O)c2C(=O)C2=C(O)[C@@]3(O)C(=O)C(C(N)=O)=C(O)[C@@H](N(C)C)[C@@H]3[C@@H](O)[C@@H]21. The van der Waals surface area contributed by atoms with E-state index in [2.05, 4.69) is 0 Å². The van der Waals surface area contributed by atoms with Gasteiger partial charge in [-0.05, 0) is 42.8 Å². The lowest BCUT2D eigenvalue weighted by Gasteiger charge is -2.53. The number of nitrogens with zero attached hydrogens (tertiary/aromatic N) is 2. The highest BCUT2D eigenvalue weighted by molar-refractivity contribution is 6.25. The molecule has 0 aliphatic heterocycles. The normalized spacial score (nSPS) is 27.0. The van der Waals surface area contributed by atoms with Crippen LogP contribution in [0.1, 0.15) is 39.9 Å². The van der Waals surface area contributed by atoms with Gasteiger partial charge < -0.3 is 36.2 Å². The van der Waals surface area contributed by atoms with E-state index in [4.69, 9.17) is 5.73 Å². The van der Waals surface area contributed by atoms with Crippen LogP contribution in [0.25, 0.3) is 0 Å². The van der Waals surface area contributed by atoms with Crippen LogP contribution >= 0.6 is 0 Å². The Morgan fingerprint density at radius 1 is 0.894 bits per heavy atom. The molecule has 1 amide bonds. The molecule has 0 fully saturated rings. The minimum atomic E-state index is -2.97. The van der Waals surface area contributed by atoms with Crippen molar-refractivity contribution in [2.24, 2.45) is 17.6 Å². The first-order chi connectivity index (χ1) is 22.3. The summed E-state index contributed by atoms with van der Waals surface area (Å²) in [6.07, 6.45) is -1.65. The second-order valence-corrected chi connectivity index (χ2v) is 12.8. The Balaban J connectivity index is 1.52. The highest BCUT2D eigenvalue weighted by Crippen LogP contribution is 2.56. The van der Waals surface area contributed by atoms with Gasteiger partial charge in [0.25, 0.3) is 5.91 Å². The summed E-state index contributed by atoms with van der Waals surface area (Å²) in [6.45, 7) is 2.48. The van der Waals surface area contributed by atoms with Gasteiger partial charge in [0, 0.05) is 24.6 Å². The molecule has 0 saturated heterocycles. The fourth-order valence-corrected chi connectivity index (χ4v) is 7.70. The number of rotatable bonds is 7. The fourth-order valence-electron chi connectivity index (χ4n) is 7.70. The number of phenols is 1. The quantitative estimate of drug-likeness (QED) is 0.210. The van der Waals surface area contributed by atoms with E-state index in [0.29, 0.717) is 24.3 Å². The Morgan fingerprint density at radius 2 is 1.45 bits per heavy atom. The van der Waals surface area contributed by atoms with Crippen molar-refractivity contribution in [3.63, 3.8) is 0 Å². The molecule has 0 saturated carbocycles. The van der Waals surface area contributed by atoms with Crippen LogP contribution in [0, 0.1) is 11.8 Å². The molecule has 0 spiro atoms. The van der Waals surface area contributed by atoms with Gasteiger partial charge in [-0.3, -0.25) is 19.3 Å². The van der Waals surface area contributed by atoms with Gasteiger partial charge in [-0.15, -0.1) is 0 Å². The number of anilines is 1. The van der Waals surface area contributed by atoms with E-state index in [1.807, 2.05) is 65.6 Å². The molecule has 11 heteroatoms. The van der Waals surface area contributed by atoms with Crippen molar-refractivity contribution in [2.45, 2.75) is 43.7 Å². The summed E-state index contributed by atoms with van der Waals surface area (Å²) >= 11 is 0. The smallest absolute Gasteiger partial charge is 0.255 e. The van der Waals surface area contributed by atoms with Crippen molar-refractivity contribution >= 4 is 23.2 Å². The summed E-state index contributed by atoms with van der Waals surface area (Å²) in [5.41, 5.74) is 3.60. The van der Waals surface area contributed by atoms with E-state index < -0.39 is 75.6 Å². The molecule has 3 aliphatic carbocycles. The molecule has 244 valence electrons. The maximum absolute atomic E-state index is 14.4. The van der Waals surface area contributed by atoms with Gasteiger partial charge in [0.15, 0.2) is 11.4 Å². The van der Waals surface area contributed by atoms with Crippen LogP contribution in [0.3, 0.4) is 0 Å². The number of aromatic hydroxyl groups is 1. The monoisotopic (exact) mass is 639 g/mol. The zero-order valence-corrected chi connectivity index (χ0v) is 26.2. The summed E-state index contributed by atoms with van der Waals surface area (Å²) in [6, 6.07) is 21.3. The first-order valence-corrected chi connectivity index (χ1v) is 15.3. The van der Waals surface area contributed by atoms with Crippen molar-refractivity contribution in [3.05, 3.63) is 118 Å². The highest BCUT2D eigenvalue weighted by Gasteiger charge is 2.67. The van der Waals surface area contributed by atoms with Gasteiger partial charge in [0.05, 0.1) is 29.3 Å². The molecule has 6 rings (SSSR count). The second-order valence-electron chi connectivity index (χ2n) is 12.8. The average Bonchev–Trinajstić information content (AvgIpc) is 3.03. The zero-order valence-electron chi connectivity index (χ0n) is 26.2. The Morgan fingerprint density at radius 3 is 1.96 bits per heavy atom. The zero-order chi connectivity index (χ0) is 33.9. The summed E-state index contributed by atoms with van der Waals surface area (Å²) < 4.78 is 0. The number of aliphatic hydroxyl groups is 4. The number of aliphatic hydroxyl groups excluding tert-OH is 3. The molecule has 3 aromatic carbocycles. The maximum atomic E-state index is 14.4. The van der Waals surface area contributed by atoms with Crippen LogP contribution in [0.2, 0.25) is 0 Å². The number of carbonyl (C=O) groups is 3. The lowest BCUT2D eigenvalue weighted by Crippen LogP contribution is -2.68. The van der Waals surface area contributed by atoms with Crippen LogP contribution in [-0.2, 0) is 22.7 Å². The number of nitrogens with two attached hydrogens (primary N) is 1. The number of amides is 1. The van der Waals surface area contributed by atoms with Crippen LogP contribution < -0.4 is 10.6 Å². The third-order valence-corrected chi connectivity index (χ3v) is 9.88. The summed E-state index contributed by atoms with van der Waals surface area (Å²) in [4.78, 5) is 43.7. The molecule has 3 aliphatic rings. The van der Waals surface area contributed by atoms with E-state index in [0.717, 1.165) is 11.1 Å². The van der Waals surface area contributed by atoms with Gasteiger partial charge in [-0.1, -0.05) is 73.7 Å². The number of fused-ring (bicyclic) bond motifs is 3. The molecule has 0 aromatic heterocycles. The Kier molecular flexibility index (Phi) is 7.95. The number of carbonyl (C=O) groups excluding carboxylic acids is 3. The van der Waals surface area contributed by atoms with Crippen molar-refractivity contribution in [1.82, 2.24) is 4.90 Å². The minimum Gasteiger partial charge on any atom is -0.510 e. The van der Waals surface area contributed by atoms with E-state index in [1.54, 1.807) is 19.1 Å². The molecular weight excluding hydrogens is 602 g/mol. The Bertz CT molecular complexity index is 1800. The van der Waals surface area contributed by atoms with Crippen molar-refractivity contribution in [2.75, 3.05) is 19.0 Å². The maximum Gasteiger partial charge on any atom is 0.255 e. The Hall–Kier alpha value is -4.97. The van der Waals surface area contributed by atoms with Crippen LogP contribution in [0.4, 0.5) is 5.69 Å². The molecular formula is C36H37N3O8. The number of hydrogen-bond acceptors (Lipinski definition) is 10. The molecule has 7 N–H and O–H groups in total. The lowest BCUT2D eigenvalue weighted by molar-refractivity contribution is -0.162. The first-order valence-electron chi connectivity index (χ1n) is 15.3. The molecule has 47 heavy (non-hydrogen) atoms. The van der Waals surface area contributed by atoms with Gasteiger partial charge in [-0.2, -0.15) is 0 Å². The molecule has 0 radical (unpaired) electrons. The van der Waals surface area contributed by atoms with Crippen LogP contribution in [-0.4, -0.2) is 79.7 Å². The van der Waals surface area contributed by atoms with Gasteiger partial charge >= 0.3 is 0 Å². The second kappa shape index (κ2) is 11.7. The number of hydrogen-bond donors (Lipinski definition) is 6. The van der Waals surface area contributed by atoms with Crippen molar-refractivity contribution < 1.29 is 39.9 Å². The molecule has 11 nitrogen and oxygen atoms in total. The van der Waals surface area contributed by atoms with E-state index in [-0.39, 0.29) is 11.3 Å². The fraction of sp³-hybridized carbons (Fsp3) is 0.306. The number of benzene rings is 3. The predicted octanol–water partition coefficient (Wildman–Crippen LogP) is 2.86. The van der Waals surface area contributed by atoms with Gasteiger partial charge in [-0.25, -0.2) is 0 Å². The molecule has 0 unspecified atom stereocenters. The number of Topliss-reactive ketones (excluding diaryl/α,β-unsaturated/α-hetero) is 2. The van der Waals surface area contributed by atoms with Gasteiger partial charge in [0.1, 0.15) is 22.8 Å². The van der Waals surface area contributed by atoms with Crippen molar-refractivity contribution in [3.8, 4) is 5.75 Å². The summed E-state index contributed by atoms with van der Waals surface area (Å²) in [7, 11) is 3.00. The topological polar surface area (TPSA) is 185 Å². The average molecular weight is 640 g/mol. The minimum absolute atomic E-state index is 0.130. The van der Waals surface area contributed by atoms with Crippen molar-refractivity contribution in [1.29, 1.82) is 0 Å². The molecule has 0 heterocycles. The molecule has 0 bridgehead atoms. The van der Waals surface area contributed by atoms with E-state index in [9.17, 15) is 39.9 Å². The third kappa shape index (κ3) is 4.81. The number of primary amides is 1. The lowest BCUT2D eigenvalue weighted by atomic mass is 9.55. The molecule has 6 atom stereocenters. The van der Waals surface area contributed by atoms with Gasteiger partial charge in [0.2, 0.25) is 5.78 Å². The van der Waals surface area contributed by atoms with E-state index >= 15 is 0 Å². The predicted molar refractivity (Wildman–Crippen MR) is 173 cm³/mol. The number of likely N-dealkylation sites (N-methyl/N-ethyl adjacent to an activating group) is 1.